The van der Waals surface area contributed by atoms with E-state index in [0.29, 0.717) is 17.8 Å². The van der Waals surface area contributed by atoms with Crippen LogP contribution in [0.15, 0.2) is 60.4 Å². The third-order valence-corrected chi connectivity index (χ3v) is 6.07. The monoisotopic (exact) mass is 454 g/mol. The molecule has 168 valence electrons. The SMILES string of the molecule is C=Cc1cc(C(=O)NS(=O)(=O)c2nc(C(C)(C)C)ccc2OC)ccc1Cn1cccn1. The van der Waals surface area contributed by atoms with Crippen molar-refractivity contribution in [3.63, 3.8) is 0 Å². The first-order chi connectivity index (χ1) is 15.0. The highest BCUT2D eigenvalue weighted by Gasteiger charge is 2.27. The molecule has 32 heavy (non-hydrogen) atoms. The Morgan fingerprint density at radius 2 is 2.00 bits per heavy atom. The maximum atomic E-state index is 13.0. The van der Waals surface area contributed by atoms with Gasteiger partial charge >= 0.3 is 0 Å². The number of ether oxygens (including phenoxy) is 1. The number of pyridine rings is 1. The maximum Gasteiger partial charge on any atom is 0.285 e. The zero-order chi connectivity index (χ0) is 23.5. The van der Waals surface area contributed by atoms with E-state index in [9.17, 15) is 13.2 Å². The molecule has 0 fully saturated rings. The fourth-order valence-electron chi connectivity index (χ4n) is 3.06. The summed E-state index contributed by atoms with van der Waals surface area (Å²) in [7, 11) is -2.93. The van der Waals surface area contributed by atoms with Gasteiger partial charge in [0, 0.05) is 29.1 Å². The van der Waals surface area contributed by atoms with Crippen LogP contribution in [0.25, 0.3) is 6.08 Å². The van der Waals surface area contributed by atoms with Crippen molar-refractivity contribution in [2.75, 3.05) is 7.11 Å². The largest absolute Gasteiger partial charge is 0.494 e. The number of rotatable bonds is 7. The molecule has 0 saturated heterocycles. The molecule has 9 heteroatoms. The zero-order valence-corrected chi connectivity index (χ0v) is 19.3. The molecule has 0 spiro atoms. The standard InChI is InChI=1S/C23H26N4O4S/c1-6-16-14-17(8-9-18(16)15-27-13-7-12-24-27)21(28)26-32(29,30)22-19(31-5)10-11-20(25-22)23(2,3)4/h6-14H,1,15H2,2-5H3,(H,26,28). The van der Waals surface area contributed by atoms with Crippen molar-refractivity contribution < 1.29 is 17.9 Å². The summed E-state index contributed by atoms with van der Waals surface area (Å²) >= 11 is 0. The van der Waals surface area contributed by atoms with Gasteiger partial charge in [-0.3, -0.25) is 9.48 Å². The second-order valence-electron chi connectivity index (χ2n) is 8.21. The third kappa shape index (κ3) is 5.05. The molecule has 0 aliphatic carbocycles. The van der Waals surface area contributed by atoms with E-state index in [0.717, 1.165) is 5.56 Å². The molecular weight excluding hydrogens is 428 g/mol. The van der Waals surface area contributed by atoms with Gasteiger partial charge in [0.2, 0.25) is 5.03 Å². The number of methoxy groups -OCH3 is 1. The number of carbonyl (C=O) groups excluding carboxylic acids is 1. The van der Waals surface area contributed by atoms with Gasteiger partial charge < -0.3 is 4.74 Å². The van der Waals surface area contributed by atoms with Gasteiger partial charge in [0.15, 0.2) is 5.75 Å². The van der Waals surface area contributed by atoms with Crippen LogP contribution in [-0.4, -0.2) is 36.2 Å². The van der Waals surface area contributed by atoms with Gasteiger partial charge in [-0.05, 0) is 41.5 Å². The number of sulfonamides is 1. The Balaban J connectivity index is 1.90. The number of hydrogen-bond acceptors (Lipinski definition) is 6. The van der Waals surface area contributed by atoms with Gasteiger partial charge in [-0.2, -0.15) is 13.5 Å². The van der Waals surface area contributed by atoms with E-state index >= 15 is 0 Å². The number of carbonyl (C=O) groups is 1. The van der Waals surface area contributed by atoms with Crippen LogP contribution in [0, 0.1) is 0 Å². The molecule has 1 aromatic carbocycles. The lowest BCUT2D eigenvalue weighted by molar-refractivity contribution is 0.0981. The van der Waals surface area contributed by atoms with Crippen molar-refractivity contribution in [3.05, 3.63) is 77.8 Å². The van der Waals surface area contributed by atoms with E-state index in [1.165, 1.54) is 13.2 Å². The predicted molar refractivity (Wildman–Crippen MR) is 122 cm³/mol. The summed E-state index contributed by atoms with van der Waals surface area (Å²) in [4.78, 5) is 17.1. The Bertz CT molecular complexity index is 1240. The molecular formula is C23H26N4O4S. The summed E-state index contributed by atoms with van der Waals surface area (Å²) in [5.74, 6) is -0.719. The van der Waals surface area contributed by atoms with Crippen LogP contribution in [-0.2, 0) is 22.0 Å². The van der Waals surface area contributed by atoms with Crippen LogP contribution in [0.5, 0.6) is 5.75 Å². The van der Waals surface area contributed by atoms with E-state index in [1.54, 1.807) is 41.2 Å². The third-order valence-electron chi connectivity index (χ3n) is 4.81. The van der Waals surface area contributed by atoms with Crippen molar-refractivity contribution in [2.24, 2.45) is 0 Å². The number of aromatic nitrogens is 3. The van der Waals surface area contributed by atoms with Gasteiger partial charge in [-0.1, -0.05) is 39.5 Å². The van der Waals surface area contributed by atoms with E-state index in [2.05, 4.69) is 21.4 Å². The Morgan fingerprint density at radius 3 is 2.59 bits per heavy atom. The van der Waals surface area contributed by atoms with Crippen LogP contribution >= 0.6 is 0 Å². The van der Waals surface area contributed by atoms with E-state index in [-0.39, 0.29) is 21.8 Å². The van der Waals surface area contributed by atoms with E-state index in [1.807, 2.05) is 33.0 Å². The van der Waals surface area contributed by atoms with Crippen LogP contribution in [0.1, 0.15) is 48.0 Å². The first-order valence-electron chi connectivity index (χ1n) is 9.90. The molecule has 0 radical (unpaired) electrons. The van der Waals surface area contributed by atoms with Crippen molar-refractivity contribution in [2.45, 2.75) is 37.8 Å². The normalized spacial score (nSPS) is 11.8. The molecule has 3 rings (SSSR count). The van der Waals surface area contributed by atoms with Crippen molar-refractivity contribution >= 4 is 22.0 Å². The minimum atomic E-state index is -4.28. The second kappa shape index (κ2) is 8.96. The smallest absolute Gasteiger partial charge is 0.285 e. The first kappa shape index (κ1) is 23.2. The molecule has 1 N–H and O–H groups in total. The summed E-state index contributed by atoms with van der Waals surface area (Å²) in [6.07, 6.45) is 5.12. The molecule has 0 saturated carbocycles. The van der Waals surface area contributed by atoms with Gasteiger partial charge in [0.05, 0.1) is 13.7 Å². The predicted octanol–water partition coefficient (Wildman–Crippen LogP) is 3.39. The van der Waals surface area contributed by atoms with Crippen LogP contribution in [0.3, 0.4) is 0 Å². The Morgan fingerprint density at radius 1 is 1.25 bits per heavy atom. The molecule has 0 aliphatic heterocycles. The molecule has 8 nitrogen and oxygen atoms in total. The first-order valence-corrected chi connectivity index (χ1v) is 11.4. The highest BCUT2D eigenvalue weighted by molar-refractivity contribution is 7.90. The minimum absolute atomic E-state index is 0.0552. The fraction of sp³-hybridized carbons (Fsp3) is 0.261. The average molecular weight is 455 g/mol. The van der Waals surface area contributed by atoms with Gasteiger partial charge in [0.1, 0.15) is 0 Å². The van der Waals surface area contributed by atoms with E-state index in [4.69, 9.17) is 4.74 Å². The maximum absolute atomic E-state index is 13.0. The van der Waals surface area contributed by atoms with Crippen LogP contribution in [0.4, 0.5) is 0 Å². The Labute approximate surface area is 188 Å². The molecule has 0 atom stereocenters. The molecule has 3 aromatic rings. The number of nitrogens with one attached hydrogen (secondary N) is 1. The Kier molecular flexibility index (Phi) is 6.50. The number of amides is 1. The summed E-state index contributed by atoms with van der Waals surface area (Å²) in [6.45, 7) is 10.0. The molecule has 2 heterocycles. The topological polar surface area (TPSA) is 103 Å². The number of hydrogen-bond donors (Lipinski definition) is 1. The van der Waals surface area contributed by atoms with Crippen molar-refractivity contribution in [1.29, 1.82) is 0 Å². The summed E-state index contributed by atoms with van der Waals surface area (Å²) in [5, 5.41) is 3.84. The van der Waals surface area contributed by atoms with Crippen molar-refractivity contribution in [3.8, 4) is 5.75 Å². The quantitative estimate of drug-likeness (QED) is 0.587. The lowest BCUT2D eigenvalue weighted by Gasteiger charge is -2.19. The number of benzene rings is 1. The average Bonchev–Trinajstić information content (AvgIpc) is 3.25. The molecule has 0 aliphatic rings. The molecule has 2 aromatic heterocycles. The second-order valence-corrected chi connectivity index (χ2v) is 9.81. The van der Waals surface area contributed by atoms with Gasteiger partial charge in [-0.25, -0.2) is 9.71 Å². The lowest BCUT2D eigenvalue weighted by Crippen LogP contribution is -2.32. The summed E-state index contributed by atoms with van der Waals surface area (Å²) in [5.41, 5.74) is 1.95. The fourth-order valence-corrected chi connectivity index (χ4v) is 4.15. The van der Waals surface area contributed by atoms with Crippen molar-refractivity contribution in [1.82, 2.24) is 19.5 Å². The van der Waals surface area contributed by atoms with Gasteiger partial charge in [0.25, 0.3) is 15.9 Å². The van der Waals surface area contributed by atoms with Crippen LogP contribution in [0.2, 0.25) is 0 Å². The van der Waals surface area contributed by atoms with Gasteiger partial charge in [-0.15, -0.1) is 0 Å². The zero-order valence-electron chi connectivity index (χ0n) is 18.5. The molecule has 0 bridgehead atoms. The Hall–Kier alpha value is -3.46. The highest BCUT2D eigenvalue weighted by Crippen LogP contribution is 2.27. The number of nitrogens with zero attached hydrogens (tertiary/aromatic N) is 3. The molecule has 1 amide bonds. The van der Waals surface area contributed by atoms with Crippen LogP contribution < -0.4 is 9.46 Å². The van der Waals surface area contributed by atoms with E-state index < -0.39 is 15.9 Å². The summed E-state index contributed by atoms with van der Waals surface area (Å²) < 4.78 is 35.0. The molecule has 0 unspecified atom stereocenters. The lowest BCUT2D eigenvalue weighted by atomic mass is 9.92. The highest BCUT2D eigenvalue weighted by atomic mass is 32.2. The minimum Gasteiger partial charge on any atom is -0.494 e. The summed E-state index contributed by atoms with van der Waals surface area (Å²) in [6, 6.07) is 9.96.